The second kappa shape index (κ2) is 10.4. The normalized spacial score (nSPS) is 21.8. The molecule has 2 aliphatic rings. The fourth-order valence-electron chi connectivity index (χ4n) is 4.66. The Balaban J connectivity index is 1.38. The van der Waals surface area contributed by atoms with Gasteiger partial charge in [0.25, 0.3) is 0 Å². The number of halogens is 1. The minimum absolute atomic E-state index is 0.161. The molecule has 0 spiro atoms. The Morgan fingerprint density at radius 3 is 2.72 bits per heavy atom. The van der Waals surface area contributed by atoms with Gasteiger partial charge in [0.15, 0.2) is 5.96 Å². The van der Waals surface area contributed by atoms with Crippen molar-refractivity contribution in [1.82, 2.24) is 20.0 Å². The second-order valence-corrected chi connectivity index (χ2v) is 8.90. The quantitative estimate of drug-likeness (QED) is 0.554. The van der Waals surface area contributed by atoms with Crippen molar-refractivity contribution in [3.05, 3.63) is 71.0 Å². The molecule has 2 aromatic rings. The molecule has 2 atom stereocenters. The van der Waals surface area contributed by atoms with Crippen LogP contribution in [0.4, 0.5) is 4.39 Å². The molecule has 32 heavy (non-hydrogen) atoms. The predicted octanol–water partition coefficient (Wildman–Crippen LogP) is 2.55. The Kier molecular flexibility index (Phi) is 7.40. The zero-order valence-corrected chi connectivity index (χ0v) is 19.3. The van der Waals surface area contributed by atoms with Gasteiger partial charge in [0.1, 0.15) is 5.82 Å². The maximum absolute atomic E-state index is 14.1. The number of hydrogen-bond donors (Lipinski definition) is 1. The lowest BCUT2D eigenvalue weighted by Crippen LogP contribution is -2.50. The monoisotopic (exact) mass is 439 g/mol. The highest BCUT2D eigenvalue weighted by Crippen LogP contribution is 2.25. The highest BCUT2D eigenvalue weighted by atomic mass is 19.1. The molecule has 2 heterocycles. The molecule has 0 aliphatic carbocycles. The van der Waals surface area contributed by atoms with Gasteiger partial charge in [-0.25, -0.2) is 4.39 Å². The molecular formula is C25H34FN5O. The Bertz CT molecular complexity index is 920. The molecule has 0 saturated carbocycles. The topological polar surface area (TPSA) is 43.3 Å². The Labute approximate surface area is 190 Å². The largest absolute Gasteiger partial charge is 0.373 e. The number of morpholine rings is 1. The van der Waals surface area contributed by atoms with E-state index in [-0.39, 0.29) is 11.9 Å². The van der Waals surface area contributed by atoms with Gasteiger partial charge >= 0.3 is 0 Å². The molecule has 0 aromatic heterocycles. The summed E-state index contributed by atoms with van der Waals surface area (Å²) in [5.74, 6) is 0.701. The van der Waals surface area contributed by atoms with E-state index in [2.05, 4.69) is 50.4 Å². The average molecular weight is 440 g/mol. The van der Waals surface area contributed by atoms with E-state index >= 15 is 0 Å². The first-order valence-electron chi connectivity index (χ1n) is 11.3. The van der Waals surface area contributed by atoms with Crippen molar-refractivity contribution in [3.8, 4) is 0 Å². The molecule has 6 nitrogen and oxygen atoms in total. The summed E-state index contributed by atoms with van der Waals surface area (Å²) in [5, 5.41) is 3.47. The molecule has 2 saturated heterocycles. The summed E-state index contributed by atoms with van der Waals surface area (Å²) >= 11 is 0. The van der Waals surface area contributed by atoms with E-state index < -0.39 is 0 Å². The Hall–Kier alpha value is -2.48. The van der Waals surface area contributed by atoms with E-state index in [1.54, 1.807) is 6.07 Å². The number of ether oxygens (including phenoxy) is 1. The molecule has 2 fully saturated rings. The first-order valence-corrected chi connectivity index (χ1v) is 11.3. The van der Waals surface area contributed by atoms with Gasteiger partial charge in [-0.15, -0.1) is 0 Å². The molecule has 2 unspecified atom stereocenters. The van der Waals surface area contributed by atoms with E-state index in [4.69, 9.17) is 4.74 Å². The minimum atomic E-state index is -0.161. The van der Waals surface area contributed by atoms with Crippen LogP contribution in [0.2, 0.25) is 0 Å². The molecule has 1 N–H and O–H groups in total. The van der Waals surface area contributed by atoms with Crippen molar-refractivity contribution in [3.63, 3.8) is 0 Å². The smallest absolute Gasteiger partial charge is 0.194 e. The van der Waals surface area contributed by atoms with E-state index in [0.29, 0.717) is 24.7 Å². The van der Waals surface area contributed by atoms with Crippen LogP contribution in [-0.4, -0.2) is 80.2 Å². The van der Waals surface area contributed by atoms with E-state index in [0.717, 1.165) is 44.3 Å². The Morgan fingerprint density at radius 1 is 1.16 bits per heavy atom. The summed E-state index contributed by atoms with van der Waals surface area (Å²) in [4.78, 5) is 11.3. The molecule has 0 bridgehead atoms. The molecular weight excluding hydrogens is 405 g/mol. The van der Waals surface area contributed by atoms with Gasteiger partial charge in [-0.1, -0.05) is 36.4 Å². The number of hydrogen-bond acceptors (Lipinski definition) is 4. The summed E-state index contributed by atoms with van der Waals surface area (Å²) in [6.07, 6.45) is 0.184. The molecule has 7 heteroatoms. The third-order valence-corrected chi connectivity index (χ3v) is 6.20. The number of guanidine groups is 1. The number of nitrogens with one attached hydrogen (secondary N) is 1. The molecule has 4 rings (SSSR count). The van der Waals surface area contributed by atoms with Crippen molar-refractivity contribution in [1.29, 1.82) is 0 Å². The molecule has 0 amide bonds. The third kappa shape index (κ3) is 5.46. The van der Waals surface area contributed by atoms with Gasteiger partial charge in [0.2, 0.25) is 0 Å². The van der Waals surface area contributed by atoms with Gasteiger partial charge in [0, 0.05) is 51.9 Å². The van der Waals surface area contributed by atoms with E-state index in [9.17, 15) is 4.39 Å². The molecule has 0 radical (unpaired) electrons. The first kappa shape index (κ1) is 22.7. The lowest BCUT2D eigenvalue weighted by molar-refractivity contribution is -0.0502. The summed E-state index contributed by atoms with van der Waals surface area (Å²) < 4.78 is 20.2. The van der Waals surface area contributed by atoms with Crippen LogP contribution in [0.25, 0.3) is 0 Å². The molecule has 2 aliphatic heterocycles. The van der Waals surface area contributed by atoms with E-state index in [1.807, 2.05) is 38.2 Å². The zero-order valence-electron chi connectivity index (χ0n) is 19.3. The van der Waals surface area contributed by atoms with Gasteiger partial charge in [-0.05, 0) is 37.4 Å². The molecule has 172 valence electrons. The number of nitrogens with zero attached hydrogens (tertiary/aromatic N) is 4. The SMILES string of the molecule is CN=C(NCc1ccc(F)c(CN(C)C)c1)N1CC2OCCN(Cc3ccccc3)C2C1. The lowest BCUT2D eigenvalue weighted by atomic mass is 10.1. The number of rotatable bonds is 6. The van der Waals surface area contributed by atoms with Crippen molar-refractivity contribution >= 4 is 5.96 Å². The van der Waals surface area contributed by atoms with Crippen LogP contribution in [0.3, 0.4) is 0 Å². The van der Waals surface area contributed by atoms with Crippen LogP contribution in [-0.2, 0) is 24.4 Å². The fraction of sp³-hybridized carbons (Fsp3) is 0.480. The highest BCUT2D eigenvalue weighted by molar-refractivity contribution is 5.80. The predicted molar refractivity (Wildman–Crippen MR) is 126 cm³/mol. The Morgan fingerprint density at radius 2 is 1.97 bits per heavy atom. The summed E-state index contributed by atoms with van der Waals surface area (Å²) in [6.45, 7) is 5.54. The number of aliphatic imine (C=N–C) groups is 1. The number of likely N-dealkylation sites (tertiary alicyclic amines) is 1. The maximum Gasteiger partial charge on any atom is 0.194 e. The number of fused-ring (bicyclic) bond motifs is 1. The van der Waals surface area contributed by atoms with Gasteiger partial charge in [-0.2, -0.15) is 0 Å². The van der Waals surface area contributed by atoms with Crippen LogP contribution in [0.1, 0.15) is 16.7 Å². The van der Waals surface area contributed by atoms with Gasteiger partial charge in [-0.3, -0.25) is 9.89 Å². The van der Waals surface area contributed by atoms with E-state index in [1.165, 1.54) is 5.56 Å². The minimum Gasteiger partial charge on any atom is -0.373 e. The molecule has 2 aromatic carbocycles. The lowest BCUT2D eigenvalue weighted by Gasteiger charge is -2.36. The highest BCUT2D eigenvalue weighted by Gasteiger charge is 2.41. The summed E-state index contributed by atoms with van der Waals surface area (Å²) in [6, 6.07) is 16.3. The fourth-order valence-corrected chi connectivity index (χ4v) is 4.66. The zero-order chi connectivity index (χ0) is 22.5. The van der Waals surface area contributed by atoms with Crippen molar-refractivity contribution in [2.75, 3.05) is 47.4 Å². The standard InChI is InChI=1S/C25H34FN5O/c1-27-25(28-14-20-9-10-22(26)21(13-20)16-29(2)3)31-17-23-24(18-31)32-12-11-30(23)15-19-7-5-4-6-8-19/h4-10,13,23-24H,11-12,14-18H2,1-3H3,(H,27,28). The van der Waals surface area contributed by atoms with Crippen LogP contribution >= 0.6 is 0 Å². The van der Waals surface area contributed by atoms with Crippen LogP contribution in [0, 0.1) is 5.82 Å². The maximum atomic E-state index is 14.1. The average Bonchev–Trinajstić information content (AvgIpc) is 3.22. The van der Waals surface area contributed by atoms with Crippen LogP contribution < -0.4 is 5.32 Å². The summed E-state index contributed by atoms with van der Waals surface area (Å²) in [7, 11) is 5.71. The summed E-state index contributed by atoms with van der Waals surface area (Å²) in [5.41, 5.74) is 3.09. The van der Waals surface area contributed by atoms with Crippen LogP contribution in [0.5, 0.6) is 0 Å². The second-order valence-electron chi connectivity index (χ2n) is 8.90. The van der Waals surface area contributed by atoms with Crippen molar-refractivity contribution < 1.29 is 9.13 Å². The van der Waals surface area contributed by atoms with Crippen molar-refractivity contribution in [2.24, 2.45) is 4.99 Å². The number of benzene rings is 2. The van der Waals surface area contributed by atoms with Gasteiger partial charge < -0.3 is 19.9 Å². The van der Waals surface area contributed by atoms with Crippen molar-refractivity contribution in [2.45, 2.75) is 31.8 Å². The first-order chi connectivity index (χ1) is 15.5. The van der Waals surface area contributed by atoms with Crippen LogP contribution in [0.15, 0.2) is 53.5 Å². The van der Waals surface area contributed by atoms with Gasteiger partial charge in [0.05, 0.1) is 18.8 Å². The third-order valence-electron chi connectivity index (χ3n) is 6.20.